The first kappa shape index (κ1) is 23.7. The molecule has 0 bridgehead atoms. The zero-order valence-corrected chi connectivity index (χ0v) is 22.0. The summed E-state index contributed by atoms with van der Waals surface area (Å²) in [5.74, 6) is 0.797. The normalized spacial score (nSPS) is 11.3. The Morgan fingerprint density at radius 2 is 1.38 bits per heavy atom. The van der Waals surface area contributed by atoms with E-state index in [2.05, 4.69) is 125 Å². The lowest BCUT2D eigenvalue weighted by Crippen LogP contribution is -2.04. The Labute approximate surface area is 226 Å². The van der Waals surface area contributed by atoms with E-state index in [1.807, 2.05) is 17.8 Å². The Kier molecular flexibility index (Phi) is 6.90. The Hall–Kier alpha value is -3.66. The fourth-order valence-corrected chi connectivity index (χ4v) is 6.15. The summed E-state index contributed by atoms with van der Waals surface area (Å²) in [5.41, 5.74) is 5.90. The highest BCUT2D eigenvalue weighted by Crippen LogP contribution is 2.37. The second-order valence-electron chi connectivity index (χ2n) is 9.20. The number of rotatable bonds is 8. The van der Waals surface area contributed by atoms with Crippen molar-refractivity contribution in [1.82, 2.24) is 4.57 Å². The summed E-state index contributed by atoms with van der Waals surface area (Å²) >= 11 is 8.95. The molecule has 182 valence electrons. The molecule has 0 unspecified atom stereocenters. The number of nitrogens with zero attached hydrogens (tertiary/aromatic N) is 1. The number of halogens is 1. The van der Waals surface area contributed by atoms with Crippen LogP contribution in [-0.4, -0.2) is 4.57 Å². The molecule has 2 nitrogen and oxygen atoms in total. The third kappa shape index (κ3) is 5.24. The van der Waals surface area contributed by atoms with Crippen LogP contribution in [0.3, 0.4) is 0 Å². The Balaban J connectivity index is 1.33. The smallest absolute Gasteiger partial charge is 0.0703 e. The van der Waals surface area contributed by atoms with E-state index in [0.29, 0.717) is 0 Å². The number of anilines is 1. The standard InChI is InChI=1S/C33H27ClN2S/c34-33-30-20-28(35-21-24-9-3-1-4-10-24)16-18-31(30)36(22-25-11-5-2-6-12-25)32(33)23-37-29-17-15-26-13-7-8-14-27(26)19-29/h1-20,35H,21-23H2. The third-order valence-electron chi connectivity index (χ3n) is 6.72. The van der Waals surface area contributed by atoms with E-state index in [1.165, 1.54) is 26.8 Å². The number of benzene rings is 5. The first-order chi connectivity index (χ1) is 18.2. The van der Waals surface area contributed by atoms with Gasteiger partial charge in [0.05, 0.1) is 10.5 Å². The molecular weight excluding hydrogens is 492 g/mol. The quantitative estimate of drug-likeness (QED) is 0.202. The monoisotopic (exact) mass is 518 g/mol. The van der Waals surface area contributed by atoms with Crippen molar-refractivity contribution in [2.75, 3.05) is 5.32 Å². The van der Waals surface area contributed by atoms with Crippen LogP contribution in [0.5, 0.6) is 0 Å². The number of fused-ring (bicyclic) bond motifs is 2. The highest BCUT2D eigenvalue weighted by molar-refractivity contribution is 7.98. The molecular formula is C33H27ClN2S. The second-order valence-corrected chi connectivity index (χ2v) is 10.6. The van der Waals surface area contributed by atoms with Gasteiger partial charge in [-0.05, 0) is 52.2 Å². The second kappa shape index (κ2) is 10.8. The molecule has 1 aromatic heterocycles. The van der Waals surface area contributed by atoms with E-state index >= 15 is 0 Å². The van der Waals surface area contributed by atoms with Crippen LogP contribution in [0, 0.1) is 0 Å². The van der Waals surface area contributed by atoms with Crippen molar-refractivity contribution in [1.29, 1.82) is 0 Å². The summed E-state index contributed by atoms with van der Waals surface area (Å²) in [6.07, 6.45) is 0. The minimum absolute atomic E-state index is 0.777. The molecule has 0 aliphatic rings. The molecule has 1 heterocycles. The van der Waals surface area contributed by atoms with E-state index in [-0.39, 0.29) is 0 Å². The van der Waals surface area contributed by atoms with Gasteiger partial charge in [0.25, 0.3) is 0 Å². The molecule has 0 spiro atoms. The molecule has 1 N–H and O–H groups in total. The van der Waals surface area contributed by atoms with E-state index < -0.39 is 0 Å². The molecule has 0 amide bonds. The van der Waals surface area contributed by atoms with Gasteiger partial charge in [0.15, 0.2) is 0 Å². The van der Waals surface area contributed by atoms with Gasteiger partial charge in [0.2, 0.25) is 0 Å². The van der Waals surface area contributed by atoms with Gasteiger partial charge in [-0.3, -0.25) is 0 Å². The van der Waals surface area contributed by atoms with Crippen LogP contribution in [-0.2, 0) is 18.8 Å². The van der Waals surface area contributed by atoms with E-state index in [0.717, 1.165) is 46.1 Å². The highest BCUT2D eigenvalue weighted by Gasteiger charge is 2.17. The van der Waals surface area contributed by atoms with Gasteiger partial charge in [-0.25, -0.2) is 0 Å². The van der Waals surface area contributed by atoms with Crippen molar-refractivity contribution in [2.24, 2.45) is 0 Å². The average molecular weight is 519 g/mol. The van der Waals surface area contributed by atoms with Gasteiger partial charge in [0, 0.05) is 40.5 Å². The third-order valence-corrected chi connectivity index (χ3v) is 8.15. The fourth-order valence-electron chi connectivity index (χ4n) is 4.77. The maximum absolute atomic E-state index is 7.12. The fraction of sp³-hybridized carbons (Fsp3) is 0.0909. The van der Waals surface area contributed by atoms with Crippen LogP contribution < -0.4 is 5.32 Å². The molecule has 37 heavy (non-hydrogen) atoms. The molecule has 0 aliphatic carbocycles. The molecule has 0 atom stereocenters. The summed E-state index contributed by atoms with van der Waals surface area (Å²) in [5, 5.41) is 8.01. The topological polar surface area (TPSA) is 17.0 Å². The zero-order valence-electron chi connectivity index (χ0n) is 20.4. The van der Waals surface area contributed by atoms with Crippen molar-refractivity contribution in [3.05, 3.63) is 143 Å². The number of thioether (sulfide) groups is 1. The number of aromatic nitrogens is 1. The van der Waals surface area contributed by atoms with E-state index in [1.54, 1.807) is 0 Å². The lowest BCUT2D eigenvalue weighted by Gasteiger charge is -2.12. The number of hydrogen-bond donors (Lipinski definition) is 1. The van der Waals surface area contributed by atoms with E-state index in [9.17, 15) is 0 Å². The maximum Gasteiger partial charge on any atom is 0.0703 e. The zero-order chi connectivity index (χ0) is 25.0. The summed E-state index contributed by atoms with van der Waals surface area (Å²) in [6.45, 7) is 1.56. The van der Waals surface area contributed by atoms with Crippen LogP contribution >= 0.6 is 23.4 Å². The Bertz CT molecular complexity index is 1660. The van der Waals surface area contributed by atoms with E-state index in [4.69, 9.17) is 11.6 Å². The Morgan fingerprint density at radius 3 is 2.16 bits per heavy atom. The van der Waals surface area contributed by atoms with Gasteiger partial charge >= 0.3 is 0 Å². The van der Waals surface area contributed by atoms with Crippen molar-refractivity contribution in [3.63, 3.8) is 0 Å². The van der Waals surface area contributed by atoms with Crippen molar-refractivity contribution < 1.29 is 0 Å². The number of nitrogens with one attached hydrogen (secondary N) is 1. The first-order valence-electron chi connectivity index (χ1n) is 12.5. The van der Waals surface area contributed by atoms with Crippen molar-refractivity contribution >= 4 is 50.7 Å². The summed E-state index contributed by atoms with van der Waals surface area (Å²) in [6, 6.07) is 42.8. The van der Waals surface area contributed by atoms with Gasteiger partial charge in [-0.1, -0.05) is 103 Å². The molecule has 4 heteroatoms. The van der Waals surface area contributed by atoms with Gasteiger partial charge in [0.1, 0.15) is 0 Å². The van der Waals surface area contributed by atoms with Crippen LogP contribution in [0.4, 0.5) is 5.69 Å². The van der Waals surface area contributed by atoms with Gasteiger partial charge in [-0.2, -0.15) is 0 Å². The molecule has 0 fully saturated rings. The largest absolute Gasteiger partial charge is 0.381 e. The van der Waals surface area contributed by atoms with Crippen molar-refractivity contribution in [3.8, 4) is 0 Å². The minimum atomic E-state index is 0.777. The molecule has 5 aromatic carbocycles. The first-order valence-corrected chi connectivity index (χ1v) is 13.8. The highest BCUT2D eigenvalue weighted by atomic mass is 35.5. The molecule has 6 aromatic rings. The lowest BCUT2D eigenvalue weighted by molar-refractivity contribution is 0.800. The summed E-state index contributed by atoms with van der Waals surface area (Å²) in [4.78, 5) is 1.25. The molecule has 6 rings (SSSR count). The van der Waals surface area contributed by atoms with Crippen LogP contribution in [0.15, 0.2) is 126 Å². The molecule has 0 saturated carbocycles. The molecule has 0 radical (unpaired) electrons. The SMILES string of the molecule is Clc1c(CSc2ccc3ccccc3c2)n(Cc2ccccc2)c2ccc(NCc3ccccc3)cc12. The maximum atomic E-state index is 7.12. The van der Waals surface area contributed by atoms with Crippen LogP contribution in [0.2, 0.25) is 5.02 Å². The minimum Gasteiger partial charge on any atom is -0.381 e. The summed E-state index contributed by atoms with van der Waals surface area (Å²) in [7, 11) is 0. The lowest BCUT2D eigenvalue weighted by atomic mass is 10.1. The van der Waals surface area contributed by atoms with Crippen LogP contribution in [0.25, 0.3) is 21.7 Å². The molecule has 0 aliphatic heterocycles. The Morgan fingerprint density at radius 1 is 0.676 bits per heavy atom. The summed E-state index contributed by atoms with van der Waals surface area (Å²) < 4.78 is 2.38. The number of hydrogen-bond acceptors (Lipinski definition) is 2. The van der Waals surface area contributed by atoms with Gasteiger partial charge in [-0.15, -0.1) is 11.8 Å². The predicted octanol–water partition coefficient (Wildman–Crippen LogP) is 9.40. The van der Waals surface area contributed by atoms with Crippen molar-refractivity contribution in [2.45, 2.75) is 23.7 Å². The van der Waals surface area contributed by atoms with Crippen LogP contribution in [0.1, 0.15) is 16.8 Å². The molecule has 0 saturated heterocycles. The average Bonchev–Trinajstić information content (AvgIpc) is 3.21. The van der Waals surface area contributed by atoms with Gasteiger partial charge < -0.3 is 9.88 Å². The predicted molar refractivity (Wildman–Crippen MR) is 160 cm³/mol.